The van der Waals surface area contributed by atoms with Gasteiger partial charge in [0.25, 0.3) is 0 Å². The molecule has 2 heterocycles. The average molecular weight is 208 g/mol. The van der Waals surface area contributed by atoms with E-state index in [-0.39, 0.29) is 6.10 Å². The van der Waals surface area contributed by atoms with Gasteiger partial charge in [0, 0.05) is 28.2 Å². The first-order valence-corrected chi connectivity index (χ1v) is 5.11. The molecule has 2 nitrogen and oxygen atoms in total. The summed E-state index contributed by atoms with van der Waals surface area (Å²) in [5.74, 6) is 0. The maximum absolute atomic E-state index is 9.71. The summed E-state index contributed by atoms with van der Waals surface area (Å²) in [6.07, 6.45) is 0.496. The molecule has 3 heteroatoms. The maximum Gasteiger partial charge on any atom is 0.0957 e. The van der Waals surface area contributed by atoms with Crippen molar-refractivity contribution in [1.29, 1.82) is 0 Å². The van der Waals surface area contributed by atoms with Gasteiger partial charge in [-0.05, 0) is 24.6 Å². The lowest BCUT2D eigenvalue weighted by molar-refractivity contribution is 0.180. The normalized spacial score (nSPS) is 20.3. The Morgan fingerprint density at radius 1 is 1.43 bits per heavy atom. The lowest BCUT2D eigenvalue weighted by Gasteiger charge is -1.99. The van der Waals surface area contributed by atoms with Crippen molar-refractivity contribution >= 4 is 22.5 Å². The van der Waals surface area contributed by atoms with Gasteiger partial charge in [-0.1, -0.05) is 17.7 Å². The van der Waals surface area contributed by atoms with E-state index in [1.165, 1.54) is 0 Å². The summed E-state index contributed by atoms with van der Waals surface area (Å²) in [5.41, 5.74) is 2.12. The largest absolute Gasteiger partial charge is 0.387 e. The van der Waals surface area contributed by atoms with Crippen molar-refractivity contribution in [2.45, 2.75) is 19.1 Å². The molecule has 0 bridgehead atoms. The molecule has 14 heavy (non-hydrogen) atoms. The zero-order chi connectivity index (χ0) is 9.71. The third kappa shape index (κ3) is 0.954. The first kappa shape index (κ1) is 8.33. The third-order valence-corrected chi connectivity index (χ3v) is 3.22. The molecule has 3 rings (SSSR count). The number of fused-ring (bicyclic) bond motifs is 3. The molecule has 0 radical (unpaired) electrons. The van der Waals surface area contributed by atoms with Gasteiger partial charge in [-0.15, -0.1) is 0 Å². The van der Waals surface area contributed by atoms with Crippen molar-refractivity contribution in [2.24, 2.45) is 0 Å². The minimum absolute atomic E-state index is 0.321. The van der Waals surface area contributed by atoms with Gasteiger partial charge in [-0.25, -0.2) is 0 Å². The van der Waals surface area contributed by atoms with E-state index < -0.39 is 0 Å². The number of hydrogen-bond acceptors (Lipinski definition) is 1. The number of aliphatic hydroxyl groups is 1. The van der Waals surface area contributed by atoms with Gasteiger partial charge in [0.05, 0.1) is 6.10 Å². The molecule has 0 saturated carbocycles. The second kappa shape index (κ2) is 2.75. The van der Waals surface area contributed by atoms with Gasteiger partial charge in [0.15, 0.2) is 0 Å². The van der Waals surface area contributed by atoms with Gasteiger partial charge in [-0.3, -0.25) is 0 Å². The SMILES string of the molecule is OC1CCn2c1cc1c(Cl)cccc12. The van der Waals surface area contributed by atoms with E-state index in [2.05, 4.69) is 4.57 Å². The number of aliphatic hydroxyl groups excluding tert-OH is 1. The van der Waals surface area contributed by atoms with Crippen LogP contribution in [0.25, 0.3) is 10.9 Å². The molecule has 2 aromatic rings. The maximum atomic E-state index is 9.71. The van der Waals surface area contributed by atoms with Gasteiger partial charge in [-0.2, -0.15) is 0 Å². The third-order valence-electron chi connectivity index (χ3n) is 2.89. The van der Waals surface area contributed by atoms with Crippen LogP contribution in [0.2, 0.25) is 5.02 Å². The van der Waals surface area contributed by atoms with Crippen LogP contribution in [-0.2, 0) is 6.54 Å². The molecule has 72 valence electrons. The van der Waals surface area contributed by atoms with Gasteiger partial charge >= 0.3 is 0 Å². The molecule has 1 aliphatic heterocycles. The Labute approximate surface area is 86.7 Å². The van der Waals surface area contributed by atoms with Crippen LogP contribution in [0.1, 0.15) is 18.2 Å². The lowest BCUT2D eigenvalue weighted by atomic mass is 10.2. The van der Waals surface area contributed by atoms with Gasteiger partial charge in [0.1, 0.15) is 0 Å². The molecule has 1 N–H and O–H groups in total. The lowest BCUT2D eigenvalue weighted by Crippen LogP contribution is -1.91. The molecule has 0 saturated heterocycles. The second-order valence-corrected chi connectivity index (χ2v) is 4.11. The summed E-state index contributed by atoms with van der Waals surface area (Å²) in [6.45, 7) is 0.889. The van der Waals surface area contributed by atoms with E-state index >= 15 is 0 Å². The van der Waals surface area contributed by atoms with Crippen LogP contribution in [-0.4, -0.2) is 9.67 Å². The quantitative estimate of drug-likeness (QED) is 0.706. The van der Waals surface area contributed by atoms with Gasteiger partial charge in [0.2, 0.25) is 0 Å². The zero-order valence-corrected chi connectivity index (χ0v) is 8.33. The van der Waals surface area contributed by atoms with E-state index in [9.17, 15) is 5.11 Å². The van der Waals surface area contributed by atoms with Crippen molar-refractivity contribution in [3.8, 4) is 0 Å². The zero-order valence-electron chi connectivity index (χ0n) is 7.57. The topological polar surface area (TPSA) is 25.2 Å². The molecule has 1 atom stereocenters. The molecule has 1 aromatic heterocycles. The monoisotopic (exact) mass is 207 g/mol. The van der Waals surface area contributed by atoms with Crippen LogP contribution in [0.15, 0.2) is 24.3 Å². The number of halogens is 1. The Morgan fingerprint density at radius 3 is 3.14 bits per heavy atom. The minimum atomic E-state index is -0.321. The van der Waals surface area contributed by atoms with Crippen molar-refractivity contribution in [3.05, 3.63) is 35.0 Å². The molecule has 0 amide bonds. The van der Waals surface area contributed by atoms with Crippen LogP contribution in [0, 0.1) is 0 Å². The van der Waals surface area contributed by atoms with E-state index in [0.29, 0.717) is 0 Å². The highest BCUT2D eigenvalue weighted by Crippen LogP contribution is 2.35. The highest BCUT2D eigenvalue weighted by atomic mass is 35.5. The Balaban J connectivity index is 2.40. The fourth-order valence-corrected chi connectivity index (χ4v) is 2.42. The smallest absolute Gasteiger partial charge is 0.0957 e. The molecular formula is C11H10ClNO. The molecule has 0 spiro atoms. The van der Waals surface area contributed by atoms with Crippen molar-refractivity contribution in [3.63, 3.8) is 0 Å². The number of nitrogens with zero attached hydrogens (tertiary/aromatic N) is 1. The van der Waals surface area contributed by atoms with E-state index in [0.717, 1.165) is 34.6 Å². The van der Waals surface area contributed by atoms with Crippen molar-refractivity contribution < 1.29 is 5.11 Å². The highest BCUT2D eigenvalue weighted by molar-refractivity contribution is 6.35. The van der Waals surface area contributed by atoms with Crippen LogP contribution in [0.4, 0.5) is 0 Å². The summed E-state index contributed by atoms with van der Waals surface area (Å²) >= 11 is 6.08. The van der Waals surface area contributed by atoms with Crippen LogP contribution < -0.4 is 0 Å². The Bertz CT molecular complexity index is 503. The Kier molecular flexibility index (Phi) is 1.64. The Morgan fingerprint density at radius 2 is 2.29 bits per heavy atom. The molecule has 1 aliphatic rings. The summed E-state index contributed by atoms with van der Waals surface area (Å²) in [6, 6.07) is 7.87. The van der Waals surface area contributed by atoms with E-state index in [1.807, 2.05) is 24.3 Å². The van der Waals surface area contributed by atoms with E-state index in [4.69, 9.17) is 11.6 Å². The van der Waals surface area contributed by atoms with E-state index in [1.54, 1.807) is 0 Å². The standard InChI is InChI=1S/C11H10ClNO/c12-8-2-1-3-9-7(8)6-10-11(14)4-5-13(9)10/h1-3,6,11,14H,4-5H2. The number of aromatic nitrogens is 1. The molecular weight excluding hydrogens is 198 g/mol. The van der Waals surface area contributed by atoms with Gasteiger partial charge < -0.3 is 9.67 Å². The predicted octanol–water partition coefficient (Wildman–Crippen LogP) is 2.73. The summed E-state index contributed by atoms with van der Waals surface area (Å²) < 4.78 is 2.14. The highest BCUT2D eigenvalue weighted by Gasteiger charge is 2.22. The second-order valence-electron chi connectivity index (χ2n) is 3.70. The number of rotatable bonds is 0. The molecule has 1 aromatic carbocycles. The summed E-state index contributed by atoms with van der Waals surface area (Å²) in [5, 5.41) is 11.5. The molecule has 0 fully saturated rings. The predicted molar refractivity (Wildman–Crippen MR) is 56.5 cm³/mol. The fourth-order valence-electron chi connectivity index (χ4n) is 2.19. The fraction of sp³-hybridized carbons (Fsp3) is 0.273. The number of hydrogen-bond donors (Lipinski definition) is 1. The molecule has 0 aliphatic carbocycles. The summed E-state index contributed by atoms with van der Waals surface area (Å²) in [7, 11) is 0. The Hall–Kier alpha value is -0.990. The van der Waals surface area contributed by atoms with Crippen LogP contribution in [0.5, 0.6) is 0 Å². The number of benzene rings is 1. The summed E-state index contributed by atoms with van der Waals surface area (Å²) in [4.78, 5) is 0. The number of aryl methyl sites for hydroxylation is 1. The first-order valence-electron chi connectivity index (χ1n) is 4.73. The minimum Gasteiger partial charge on any atom is -0.387 e. The molecule has 1 unspecified atom stereocenters. The first-order chi connectivity index (χ1) is 6.77. The van der Waals surface area contributed by atoms with Crippen molar-refractivity contribution in [1.82, 2.24) is 4.57 Å². The average Bonchev–Trinajstić information content (AvgIpc) is 2.69. The van der Waals surface area contributed by atoms with Crippen molar-refractivity contribution in [2.75, 3.05) is 0 Å². The van der Waals surface area contributed by atoms with Crippen LogP contribution in [0.3, 0.4) is 0 Å². The van der Waals surface area contributed by atoms with Crippen LogP contribution >= 0.6 is 11.6 Å².